The molecule has 150 valence electrons. The molecule has 2 aliphatic rings. The fourth-order valence-electron chi connectivity index (χ4n) is 4.92. The Labute approximate surface area is 168 Å². The molecule has 0 amide bonds. The van der Waals surface area contributed by atoms with Crippen molar-refractivity contribution in [2.75, 3.05) is 20.2 Å². The molecule has 1 saturated carbocycles. The second-order valence-corrected chi connectivity index (χ2v) is 8.90. The average Bonchev–Trinajstić information content (AvgIpc) is 2.72. The van der Waals surface area contributed by atoms with Gasteiger partial charge in [-0.3, -0.25) is 4.90 Å². The van der Waals surface area contributed by atoms with Gasteiger partial charge in [0.05, 0.1) is 12.7 Å². The highest BCUT2D eigenvalue weighted by Crippen LogP contribution is 2.33. The molecule has 0 aromatic heterocycles. The van der Waals surface area contributed by atoms with Crippen LogP contribution in [-0.4, -0.2) is 47.6 Å². The molecule has 1 saturated heterocycles. The lowest BCUT2D eigenvalue weighted by atomic mass is 9.81. The molecule has 1 atom stereocenters. The molecule has 4 heteroatoms. The zero-order valence-electron chi connectivity index (χ0n) is 17.1. The topological polar surface area (TPSA) is 56.5 Å². The van der Waals surface area contributed by atoms with E-state index in [9.17, 15) is 5.11 Å². The first-order valence-corrected chi connectivity index (χ1v) is 10.6. The van der Waals surface area contributed by atoms with E-state index >= 15 is 0 Å². The number of likely N-dealkylation sites (tertiary alicyclic amines) is 1. The Balaban J connectivity index is 1.46. The second-order valence-electron chi connectivity index (χ2n) is 8.90. The Morgan fingerprint density at radius 2 is 1.82 bits per heavy atom. The van der Waals surface area contributed by atoms with Gasteiger partial charge in [0.25, 0.3) is 0 Å². The predicted molar refractivity (Wildman–Crippen MR) is 115 cm³/mol. The number of fused-ring (bicyclic) bond motifs is 1. The minimum atomic E-state index is -0.480. The van der Waals surface area contributed by atoms with E-state index in [0.717, 1.165) is 79.4 Å². The maximum absolute atomic E-state index is 10.2. The van der Waals surface area contributed by atoms with Crippen LogP contribution in [0.4, 0.5) is 0 Å². The number of ether oxygens (including phenoxy) is 1. The van der Waals surface area contributed by atoms with Crippen molar-refractivity contribution in [3.05, 3.63) is 42.0 Å². The number of hydrogen-bond acceptors (Lipinski definition) is 4. The van der Waals surface area contributed by atoms with Gasteiger partial charge in [0, 0.05) is 24.2 Å². The predicted octanol–water partition coefficient (Wildman–Crippen LogP) is 4.62. The van der Waals surface area contributed by atoms with Crippen molar-refractivity contribution in [2.24, 2.45) is 5.92 Å². The number of nitrogens with zero attached hydrogens (tertiary/aromatic N) is 1. The van der Waals surface area contributed by atoms with E-state index in [1.165, 1.54) is 0 Å². The van der Waals surface area contributed by atoms with Gasteiger partial charge < -0.3 is 15.3 Å². The number of aliphatic hydroxyl groups is 1. The molecule has 0 radical (unpaired) electrons. The number of rotatable bonds is 4. The first-order valence-electron chi connectivity index (χ1n) is 10.6. The summed E-state index contributed by atoms with van der Waals surface area (Å²) in [7, 11) is 1.69. The summed E-state index contributed by atoms with van der Waals surface area (Å²) < 4.78 is 5.31. The standard InChI is InChI=1S/C24H32N2O2/c1-24(27)11-9-21(10-12-24)26-13-3-4-20(16-26)23(25)19-6-5-18-15-22(28-2)8-7-17(18)14-19/h5-8,14-15,20-21,25,27H,3-4,9-13,16H2,1-2H3. The number of piperidine rings is 1. The number of methoxy groups -OCH3 is 1. The average molecular weight is 381 g/mol. The highest BCUT2D eigenvalue weighted by atomic mass is 16.5. The van der Waals surface area contributed by atoms with Crippen molar-refractivity contribution < 1.29 is 9.84 Å². The highest BCUT2D eigenvalue weighted by Gasteiger charge is 2.34. The molecule has 4 nitrogen and oxygen atoms in total. The molecule has 28 heavy (non-hydrogen) atoms. The van der Waals surface area contributed by atoms with Crippen LogP contribution < -0.4 is 4.74 Å². The number of benzene rings is 2. The Morgan fingerprint density at radius 1 is 1.11 bits per heavy atom. The van der Waals surface area contributed by atoms with Crippen molar-refractivity contribution in [1.29, 1.82) is 5.41 Å². The third-order valence-corrected chi connectivity index (χ3v) is 6.77. The summed E-state index contributed by atoms with van der Waals surface area (Å²) in [4.78, 5) is 2.59. The lowest BCUT2D eigenvalue weighted by Gasteiger charge is -2.43. The van der Waals surface area contributed by atoms with Crippen molar-refractivity contribution in [1.82, 2.24) is 4.90 Å². The van der Waals surface area contributed by atoms with E-state index in [1.54, 1.807) is 7.11 Å². The normalized spacial score (nSPS) is 29.0. The largest absolute Gasteiger partial charge is 0.497 e. The molecular weight excluding hydrogens is 348 g/mol. The van der Waals surface area contributed by atoms with E-state index < -0.39 is 5.60 Å². The van der Waals surface area contributed by atoms with Crippen molar-refractivity contribution in [2.45, 2.75) is 57.1 Å². The molecule has 2 aromatic carbocycles. The van der Waals surface area contributed by atoms with E-state index in [2.05, 4.69) is 29.2 Å². The van der Waals surface area contributed by atoms with Crippen LogP contribution in [0.5, 0.6) is 5.75 Å². The first-order chi connectivity index (χ1) is 13.4. The van der Waals surface area contributed by atoms with Gasteiger partial charge in [-0.1, -0.05) is 18.2 Å². The third-order valence-electron chi connectivity index (χ3n) is 6.77. The van der Waals surface area contributed by atoms with Gasteiger partial charge in [-0.25, -0.2) is 0 Å². The molecule has 1 aliphatic heterocycles. The molecule has 0 bridgehead atoms. The van der Waals surface area contributed by atoms with Crippen LogP contribution in [0.15, 0.2) is 36.4 Å². The van der Waals surface area contributed by atoms with Crippen LogP contribution in [0.25, 0.3) is 10.8 Å². The summed E-state index contributed by atoms with van der Waals surface area (Å²) in [6.07, 6.45) is 6.19. The minimum Gasteiger partial charge on any atom is -0.497 e. The van der Waals surface area contributed by atoms with Crippen LogP contribution >= 0.6 is 0 Å². The lowest BCUT2D eigenvalue weighted by molar-refractivity contribution is -0.0101. The van der Waals surface area contributed by atoms with Crippen molar-refractivity contribution in [3.63, 3.8) is 0 Å². The summed E-state index contributed by atoms with van der Waals surface area (Å²) in [5, 5.41) is 21.4. The molecule has 1 unspecified atom stereocenters. The molecule has 4 rings (SSSR count). The Bertz CT molecular complexity index is 851. The van der Waals surface area contributed by atoms with Gasteiger partial charge in [-0.2, -0.15) is 0 Å². The minimum absolute atomic E-state index is 0.298. The zero-order valence-corrected chi connectivity index (χ0v) is 17.1. The van der Waals surface area contributed by atoms with Crippen molar-refractivity contribution >= 4 is 16.5 Å². The molecule has 0 spiro atoms. The van der Waals surface area contributed by atoms with Crippen LogP contribution in [0.2, 0.25) is 0 Å². The van der Waals surface area contributed by atoms with Gasteiger partial charge in [0.15, 0.2) is 0 Å². The summed E-state index contributed by atoms with van der Waals surface area (Å²) in [5.41, 5.74) is 1.33. The van der Waals surface area contributed by atoms with E-state index in [1.807, 2.05) is 19.1 Å². The Morgan fingerprint density at radius 3 is 2.57 bits per heavy atom. The van der Waals surface area contributed by atoms with Crippen LogP contribution in [-0.2, 0) is 0 Å². The lowest BCUT2D eigenvalue weighted by Crippen LogP contribution is -2.48. The molecule has 1 heterocycles. The fourth-order valence-corrected chi connectivity index (χ4v) is 4.92. The first kappa shape index (κ1) is 19.4. The summed E-state index contributed by atoms with van der Waals surface area (Å²) >= 11 is 0. The van der Waals surface area contributed by atoms with E-state index in [0.29, 0.717) is 12.0 Å². The highest BCUT2D eigenvalue weighted by molar-refractivity contribution is 6.03. The summed E-state index contributed by atoms with van der Waals surface area (Å²) in [6, 6.07) is 13.0. The second kappa shape index (κ2) is 7.84. The molecule has 2 N–H and O–H groups in total. The van der Waals surface area contributed by atoms with E-state index in [-0.39, 0.29) is 0 Å². The smallest absolute Gasteiger partial charge is 0.119 e. The molecular formula is C24H32N2O2. The quantitative estimate of drug-likeness (QED) is 0.761. The maximum atomic E-state index is 10.2. The zero-order chi connectivity index (χ0) is 19.7. The Kier molecular flexibility index (Phi) is 5.44. The van der Waals surface area contributed by atoms with Gasteiger partial charge in [-0.05, 0) is 86.5 Å². The maximum Gasteiger partial charge on any atom is 0.119 e. The number of hydrogen-bond donors (Lipinski definition) is 2. The van der Waals surface area contributed by atoms with E-state index in [4.69, 9.17) is 10.1 Å². The molecule has 2 fully saturated rings. The Hall–Kier alpha value is -1.91. The van der Waals surface area contributed by atoms with Crippen molar-refractivity contribution in [3.8, 4) is 5.75 Å². The number of nitrogens with one attached hydrogen (secondary N) is 1. The third kappa shape index (κ3) is 4.08. The van der Waals surface area contributed by atoms with Gasteiger partial charge in [0.1, 0.15) is 5.75 Å². The molecule has 1 aliphatic carbocycles. The fraction of sp³-hybridized carbons (Fsp3) is 0.542. The van der Waals surface area contributed by atoms with Crippen LogP contribution in [0, 0.1) is 11.3 Å². The summed E-state index contributed by atoms with van der Waals surface area (Å²) in [5.74, 6) is 1.16. The van der Waals surface area contributed by atoms with Gasteiger partial charge in [-0.15, -0.1) is 0 Å². The van der Waals surface area contributed by atoms with Crippen LogP contribution in [0.1, 0.15) is 51.0 Å². The SMILES string of the molecule is COc1ccc2cc(C(=N)C3CCCN(C4CCC(C)(O)CC4)C3)ccc2c1. The molecule has 2 aromatic rings. The summed E-state index contributed by atoms with van der Waals surface area (Å²) in [6.45, 7) is 4.08. The van der Waals surface area contributed by atoms with Gasteiger partial charge >= 0.3 is 0 Å². The van der Waals surface area contributed by atoms with Gasteiger partial charge in [0.2, 0.25) is 0 Å². The van der Waals surface area contributed by atoms with Crippen LogP contribution in [0.3, 0.4) is 0 Å². The monoisotopic (exact) mass is 380 g/mol.